The Kier molecular flexibility index (Phi) is 6.18. The van der Waals surface area contributed by atoms with Crippen LogP contribution in [0.15, 0.2) is 28.9 Å². The summed E-state index contributed by atoms with van der Waals surface area (Å²) < 4.78 is 24.0. The third-order valence-electron chi connectivity index (χ3n) is 4.02. The molecule has 1 heterocycles. The first-order chi connectivity index (χ1) is 11.5. The molecule has 2 aromatic rings. The number of hydrogen-bond donors (Lipinski definition) is 0. The van der Waals surface area contributed by atoms with Crippen molar-refractivity contribution in [3.63, 3.8) is 0 Å². The van der Waals surface area contributed by atoms with Gasteiger partial charge in [0.25, 0.3) is 0 Å². The Morgan fingerprint density at radius 3 is 2.54 bits per heavy atom. The highest BCUT2D eigenvalue weighted by atomic mass is 19.1. The molecule has 0 aliphatic rings. The molecule has 1 aromatic carbocycles. The van der Waals surface area contributed by atoms with Crippen molar-refractivity contribution >= 4 is 6.29 Å². The van der Waals surface area contributed by atoms with E-state index in [9.17, 15) is 9.18 Å². The zero-order chi connectivity index (χ0) is 17.7. The molecule has 0 spiro atoms. The van der Waals surface area contributed by atoms with Gasteiger partial charge in [0.15, 0.2) is 6.29 Å². The number of halogens is 1. The van der Waals surface area contributed by atoms with Crippen molar-refractivity contribution in [2.24, 2.45) is 0 Å². The van der Waals surface area contributed by atoms with E-state index in [1.807, 2.05) is 6.07 Å². The summed E-state index contributed by atoms with van der Waals surface area (Å²) in [4.78, 5) is 11.3. The molecule has 24 heavy (non-hydrogen) atoms. The van der Waals surface area contributed by atoms with Crippen LogP contribution in [0, 0.1) is 0 Å². The topological polar surface area (TPSA) is 39.4 Å². The molecular formula is C20H25FO3. The Hall–Kier alpha value is -2.10. The summed E-state index contributed by atoms with van der Waals surface area (Å²) in [6, 6.07) is 5.78. The number of ether oxygens (including phenoxy) is 1. The highest BCUT2D eigenvalue weighted by Crippen LogP contribution is 2.41. The van der Waals surface area contributed by atoms with Crippen molar-refractivity contribution < 1.29 is 18.3 Å². The van der Waals surface area contributed by atoms with E-state index in [-0.39, 0.29) is 5.92 Å². The molecule has 130 valence electrons. The maximum Gasteiger partial charge on any atom is 0.153 e. The van der Waals surface area contributed by atoms with E-state index < -0.39 is 6.67 Å². The molecule has 0 atom stereocenters. The molecule has 2 rings (SSSR count). The van der Waals surface area contributed by atoms with Crippen LogP contribution in [-0.2, 0) is 0 Å². The normalized spacial score (nSPS) is 11.3. The molecule has 0 N–H and O–H groups in total. The molecule has 0 unspecified atom stereocenters. The first-order valence-corrected chi connectivity index (χ1v) is 8.39. The molecular weight excluding hydrogens is 307 g/mol. The number of carbonyl (C=O) groups is 1. The third kappa shape index (κ3) is 3.86. The molecule has 0 saturated heterocycles. The van der Waals surface area contributed by atoms with E-state index in [2.05, 4.69) is 33.8 Å². The van der Waals surface area contributed by atoms with Gasteiger partial charge in [-0.1, -0.05) is 33.8 Å². The van der Waals surface area contributed by atoms with Crippen molar-refractivity contribution in [3.8, 4) is 17.1 Å². The number of benzene rings is 1. The zero-order valence-electron chi connectivity index (χ0n) is 14.8. The van der Waals surface area contributed by atoms with Crippen LogP contribution in [-0.4, -0.2) is 19.6 Å². The van der Waals surface area contributed by atoms with Crippen LogP contribution in [0.3, 0.4) is 0 Å². The highest BCUT2D eigenvalue weighted by molar-refractivity contribution is 5.87. The zero-order valence-corrected chi connectivity index (χ0v) is 14.8. The maximum absolute atomic E-state index is 12.5. The number of carbonyl (C=O) groups excluding carboxylic acids is 1. The molecule has 0 bridgehead atoms. The largest absolute Gasteiger partial charge is 0.492 e. The summed E-state index contributed by atoms with van der Waals surface area (Å²) in [7, 11) is 0. The minimum absolute atomic E-state index is 0.234. The van der Waals surface area contributed by atoms with Crippen LogP contribution in [0.1, 0.15) is 67.4 Å². The lowest BCUT2D eigenvalue weighted by molar-refractivity contribution is 0.112. The van der Waals surface area contributed by atoms with Gasteiger partial charge in [-0.3, -0.25) is 9.18 Å². The fourth-order valence-electron chi connectivity index (χ4n) is 2.63. The third-order valence-corrected chi connectivity index (χ3v) is 4.02. The van der Waals surface area contributed by atoms with Gasteiger partial charge in [0.1, 0.15) is 11.5 Å². The van der Waals surface area contributed by atoms with Crippen molar-refractivity contribution in [1.29, 1.82) is 0 Å². The Morgan fingerprint density at radius 2 is 1.96 bits per heavy atom. The molecule has 0 fully saturated rings. The van der Waals surface area contributed by atoms with E-state index in [1.54, 1.807) is 6.07 Å². The van der Waals surface area contributed by atoms with Crippen LogP contribution in [0.4, 0.5) is 4.39 Å². The standard InChI is InChI=1S/C20H25FO3/c1-13(2)16-10-17(14(3)4)20(23-8-5-7-21)18(11-16)19-15(12-22)6-9-24-19/h6,9-14H,5,7-8H2,1-4H3. The van der Waals surface area contributed by atoms with Crippen molar-refractivity contribution in [3.05, 3.63) is 41.2 Å². The van der Waals surface area contributed by atoms with Crippen molar-refractivity contribution in [2.45, 2.75) is 46.0 Å². The Morgan fingerprint density at radius 1 is 1.21 bits per heavy atom. The van der Waals surface area contributed by atoms with Crippen LogP contribution in [0.2, 0.25) is 0 Å². The Labute approximate surface area is 142 Å². The fourth-order valence-corrected chi connectivity index (χ4v) is 2.63. The predicted molar refractivity (Wildman–Crippen MR) is 93.8 cm³/mol. The summed E-state index contributed by atoms with van der Waals surface area (Å²) in [5.74, 6) is 1.75. The van der Waals surface area contributed by atoms with Gasteiger partial charge in [0.2, 0.25) is 0 Å². The van der Waals surface area contributed by atoms with Gasteiger partial charge in [-0.05, 0) is 35.1 Å². The first kappa shape index (κ1) is 18.2. The predicted octanol–water partition coefficient (Wildman–Crippen LogP) is 5.74. The fraction of sp³-hybridized carbons (Fsp3) is 0.450. The summed E-state index contributed by atoms with van der Waals surface area (Å²) >= 11 is 0. The van der Waals surface area contributed by atoms with Gasteiger partial charge in [0.05, 0.1) is 30.7 Å². The molecule has 0 amide bonds. The van der Waals surface area contributed by atoms with E-state index in [0.717, 1.165) is 23.0 Å². The van der Waals surface area contributed by atoms with Gasteiger partial charge in [-0.2, -0.15) is 0 Å². The first-order valence-electron chi connectivity index (χ1n) is 8.39. The van der Waals surface area contributed by atoms with Gasteiger partial charge in [-0.25, -0.2) is 0 Å². The van der Waals surface area contributed by atoms with Gasteiger partial charge in [0, 0.05) is 6.42 Å². The van der Waals surface area contributed by atoms with E-state index >= 15 is 0 Å². The molecule has 4 heteroatoms. The highest BCUT2D eigenvalue weighted by Gasteiger charge is 2.21. The summed E-state index contributed by atoms with van der Waals surface area (Å²) in [6.45, 7) is 8.30. The van der Waals surface area contributed by atoms with Crippen molar-refractivity contribution in [1.82, 2.24) is 0 Å². The van der Waals surface area contributed by atoms with Gasteiger partial charge < -0.3 is 9.15 Å². The Balaban J connectivity index is 2.65. The SMILES string of the molecule is CC(C)c1cc(-c2occc2C=O)c(OCCCF)c(C(C)C)c1. The second kappa shape index (κ2) is 8.13. The number of hydrogen-bond acceptors (Lipinski definition) is 3. The number of rotatable bonds is 8. The molecule has 0 radical (unpaired) electrons. The minimum Gasteiger partial charge on any atom is -0.492 e. The second-order valence-electron chi connectivity index (χ2n) is 6.51. The lowest BCUT2D eigenvalue weighted by atomic mass is 9.90. The monoisotopic (exact) mass is 332 g/mol. The average Bonchev–Trinajstić information content (AvgIpc) is 3.02. The summed E-state index contributed by atoms with van der Waals surface area (Å²) in [5.41, 5.74) is 3.44. The minimum atomic E-state index is -0.420. The average molecular weight is 332 g/mol. The molecule has 1 aromatic heterocycles. The molecule has 0 aliphatic carbocycles. The lowest BCUT2D eigenvalue weighted by Crippen LogP contribution is -2.06. The summed E-state index contributed by atoms with van der Waals surface area (Å²) in [5, 5.41) is 0. The van der Waals surface area contributed by atoms with Crippen LogP contribution < -0.4 is 4.74 Å². The molecule has 3 nitrogen and oxygen atoms in total. The number of furan rings is 1. The van der Waals surface area contributed by atoms with Gasteiger partial charge >= 0.3 is 0 Å². The van der Waals surface area contributed by atoms with E-state index in [4.69, 9.17) is 9.15 Å². The van der Waals surface area contributed by atoms with Crippen LogP contribution >= 0.6 is 0 Å². The number of aldehydes is 1. The van der Waals surface area contributed by atoms with Crippen molar-refractivity contribution in [2.75, 3.05) is 13.3 Å². The van der Waals surface area contributed by atoms with Crippen LogP contribution in [0.25, 0.3) is 11.3 Å². The lowest BCUT2D eigenvalue weighted by Gasteiger charge is -2.20. The second-order valence-corrected chi connectivity index (χ2v) is 6.51. The van der Waals surface area contributed by atoms with Gasteiger partial charge in [-0.15, -0.1) is 0 Å². The summed E-state index contributed by atoms with van der Waals surface area (Å²) in [6.07, 6.45) is 2.62. The molecule has 0 aliphatic heterocycles. The Bertz CT molecular complexity index is 686. The number of alkyl halides is 1. The maximum atomic E-state index is 12.5. The quantitative estimate of drug-likeness (QED) is 0.457. The molecule has 0 saturated carbocycles. The van der Waals surface area contributed by atoms with Crippen LogP contribution in [0.5, 0.6) is 5.75 Å². The van der Waals surface area contributed by atoms with E-state index in [1.165, 1.54) is 6.26 Å². The van der Waals surface area contributed by atoms with E-state index in [0.29, 0.717) is 36.0 Å². The smallest absolute Gasteiger partial charge is 0.153 e.